The highest BCUT2D eigenvalue weighted by Gasteiger charge is 2.30. The van der Waals surface area contributed by atoms with Gasteiger partial charge in [-0.05, 0) is 50.2 Å². The zero-order valence-corrected chi connectivity index (χ0v) is 15.6. The maximum atomic E-state index is 12.4. The predicted molar refractivity (Wildman–Crippen MR) is 108 cm³/mol. The van der Waals surface area contributed by atoms with E-state index in [1.54, 1.807) is 24.3 Å². The van der Waals surface area contributed by atoms with Crippen molar-refractivity contribution in [2.75, 3.05) is 18.9 Å². The van der Waals surface area contributed by atoms with Crippen molar-refractivity contribution in [1.29, 1.82) is 5.26 Å². The van der Waals surface area contributed by atoms with Gasteiger partial charge in [-0.1, -0.05) is 18.2 Å². The summed E-state index contributed by atoms with van der Waals surface area (Å²) < 4.78 is 0. The Morgan fingerprint density at radius 3 is 2.96 bits per heavy atom. The second-order valence-electron chi connectivity index (χ2n) is 7.15. The van der Waals surface area contributed by atoms with E-state index >= 15 is 0 Å². The molecule has 1 saturated heterocycles. The Bertz CT molecular complexity index is 1000. The number of aromatic amines is 1. The molecule has 3 aromatic rings. The van der Waals surface area contributed by atoms with Gasteiger partial charge in [0.1, 0.15) is 5.82 Å². The highest BCUT2D eigenvalue weighted by atomic mass is 16.2. The molecule has 2 atom stereocenters. The quantitative estimate of drug-likeness (QED) is 0.655. The Labute approximate surface area is 163 Å². The maximum Gasteiger partial charge on any atom is 0.319 e. The number of likely N-dealkylation sites (tertiary alicyclic amines) is 1. The van der Waals surface area contributed by atoms with E-state index in [0.717, 1.165) is 36.2 Å². The van der Waals surface area contributed by atoms with Crippen molar-refractivity contribution in [3.05, 3.63) is 59.9 Å². The lowest BCUT2D eigenvalue weighted by Crippen LogP contribution is -2.46. The van der Waals surface area contributed by atoms with Crippen LogP contribution in [-0.2, 0) is 0 Å². The Morgan fingerprint density at radius 2 is 2.14 bits per heavy atom. The van der Waals surface area contributed by atoms with Gasteiger partial charge in [-0.3, -0.25) is 4.90 Å². The highest BCUT2D eigenvalue weighted by Crippen LogP contribution is 2.29. The number of amides is 2. The molecule has 1 aromatic heterocycles. The summed E-state index contributed by atoms with van der Waals surface area (Å²) in [5.74, 6) is 0.928. The molecular formula is C21H22N6O. The number of carbonyl (C=O) groups excluding carboxylic acids is 1. The van der Waals surface area contributed by atoms with Crippen LogP contribution in [0, 0.1) is 11.3 Å². The van der Waals surface area contributed by atoms with Gasteiger partial charge in [0.15, 0.2) is 0 Å². The maximum absolute atomic E-state index is 12.4. The number of imidazole rings is 1. The molecule has 0 radical (unpaired) electrons. The van der Waals surface area contributed by atoms with Crippen LogP contribution in [0.25, 0.3) is 11.0 Å². The number of para-hydroxylation sites is 2. The van der Waals surface area contributed by atoms with Crippen LogP contribution in [0.5, 0.6) is 0 Å². The largest absolute Gasteiger partial charge is 0.341 e. The average Bonchev–Trinajstić information content (AvgIpc) is 3.13. The van der Waals surface area contributed by atoms with Gasteiger partial charge < -0.3 is 15.6 Å². The molecule has 4 rings (SSSR count). The summed E-state index contributed by atoms with van der Waals surface area (Å²) in [5.41, 5.74) is 3.10. The number of nitriles is 1. The zero-order valence-electron chi connectivity index (χ0n) is 15.6. The van der Waals surface area contributed by atoms with Crippen LogP contribution in [0.1, 0.15) is 30.3 Å². The van der Waals surface area contributed by atoms with E-state index in [4.69, 9.17) is 10.2 Å². The van der Waals surface area contributed by atoms with Crippen LogP contribution in [0.15, 0.2) is 48.5 Å². The summed E-state index contributed by atoms with van der Waals surface area (Å²) in [7, 11) is 2.08. The summed E-state index contributed by atoms with van der Waals surface area (Å²) in [4.78, 5) is 22.8. The number of urea groups is 1. The Hall–Kier alpha value is -3.37. The molecule has 2 aromatic carbocycles. The van der Waals surface area contributed by atoms with Crippen molar-refractivity contribution in [3.8, 4) is 6.07 Å². The van der Waals surface area contributed by atoms with E-state index < -0.39 is 0 Å². The number of anilines is 1. The van der Waals surface area contributed by atoms with Crippen molar-refractivity contribution in [2.45, 2.75) is 24.9 Å². The fourth-order valence-electron chi connectivity index (χ4n) is 3.68. The standard InChI is InChI=1S/C21H22N6O/c1-27-10-9-16(24-21(28)23-15-6-4-5-14(11-15)13-22)12-19(27)20-25-17-7-2-3-8-18(17)26-20/h2-8,11,16,19H,9-10,12H2,1H3,(H,25,26)(H2,23,24,28). The molecule has 2 unspecified atom stereocenters. The molecule has 0 bridgehead atoms. The minimum absolute atomic E-state index is 0.0496. The summed E-state index contributed by atoms with van der Waals surface area (Å²) in [6, 6.07) is 16.9. The average molecular weight is 374 g/mol. The lowest BCUT2D eigenvalue weighted by atomic mass is 9.97. The minimum atomic E-state index is -0.256. The van der Waals surface area contributed by atoms with Gasteiger partial charge >= 0.3 is 6.03 Å². The molecule has 142 valence electrons. The Kier molecular flexibility index (Phi) is 4.96. The molecule has 0 aliphatic carbocycles. The van der Waals surface area contributed by atoms with Crippen molar-refractivity contribution in [3.63, 3.8) is 0 Å². The molecule has 28 heavy (non-hydrogen) atoms. The van der Waals surface area contributed by atoms with Gasteiger partial charge in [0.25, 0.3) is 0 Å². The number of rotatable bonds is 3. The third kappa shape index (κ3) is 3.82. The Balaban J connectivity index is 1.42. The van der Waals surface area contributed by atoms with Gasteiger partial charge in [-0.2, -0.15) is 5.26 Å². The van der Waals surface area contributed by atoms with E-state index in [2.05, 4.69) is 33.6 Å². The fourth-order valence-corrected chi connectivity index (χ4v) is 3.68. The summed E-state index contributed by atoms with van der Waals surface area (Å²) in [6.07, 6.45) is 1.65. The van der Waals surface area contributed by atoms with Crippen molar-refractivity contribution in [2.24, 2.45) is 0 Å². The second kappa shape index (κ2) is 7.71. The number of hydrogen-bond acceptors (Lipinski definition) is 4. The number of carbonyl (C=O) groups is 1. The molecule has 1 aliphatic heterocycles. The Morgan fingerprint density at radius 1 is 1.29 bits per heavy atom. The van der Waals surface area contributed by atoms with Crippen LogP contribution < -0.4 is 10.6 Å². The molecule has 0 saturated carbocycles. The third-order valence-electron chi connectivity index (χ3n) is 5.18. The number of nitrogens with one attached hydrogen (secondary N) is 3. The zero-order chi connectivity index (χ0) is 19.5. The molecule has 7 heteroatoms. The second-order valence-corrected chi connectivity index (χ2v) is 7.15. The lowest BCUT2D eigenvalue weighted by Gasteiger charge is -2.36. The number of benzene rings is 2. The van der Waals surface area contributed by atoms with Crippen LogP contribution in [0.2, 0.25) is 0 Å². The first-order valence-electron chi connectivity index (χ1n) is 9.35. The van der Waals surface area contributed by atoms with Gasteiger partial charge in [0.05, 0.1) is 28.7 Å². The first-order chi connectivity index (χ1) is 13.6. The monoisotopic (exact) mass is 374 g/mol. The van der Waals surface area contributed by atoms with Gasteiger partial charge in [0.2, 0.25) is 0 Å². The first-order valence-corrected chi connectivity index (χ1v) is 9.35. The predicted octanol–water partition coefficient (Wildman–Crippen LogP) is 3.39. The molecule has 7 nitrogen and oxygen atoms in total. The minimum Gasteiger partial charge on any atom is -0.341 e. The van der Waals surface area contributed by atoms with E-state index in [0.29, 0.717) is 11.3 Å². The van der Waals surface area contributed by atoms with Crippen molar-refractivity contribution < 1.29 is 4.79 Å². The van der Waals surface area contributed by atoms with E-state index in [-0.39, 0.29) is 18.1 Å². The molecule has 2 amide bonds. The molecule has 0 spiro atoms. The van der Waals surface area contributed by atoms with Crippen LogP contribution in [0.3, 0.4) is 0 Å². The van der Waals surface area contributed by atoms with Gasteiger partial charge in [-0.25, -0.2) is 9.78 Å². The number of nitrogens with zero attached hydrogens (tertiary/aromatic N) is 3. The number of H-pyrrole nitrogens is 1. The van der Waals surface area contributed by atoms with Gasteiger partial charge in [-0.15, -0.1) is 0 Å². The SMILES string of the molecule is CN1CCC(NC(=O)Nc2cccc(C#N)c2)CC1c1nc2ccccc2[nH]1. The summed E-state index contributed by atoms with van der Waals surface area (Å²) in [5, 5.41) is 14.9. The van der Waals surface area contributed by atoms with E-state index in [1.807, 2.05) is 24.3 Å². The molecule has 1 aliphatic rings. The summed E-state index contributed by atoms with van der Waals surface area (Å²) >= 11 is 0. The smallest absolute Gasteiger partial charge is 0.319 e. The molecule has 2 heterocycles. The van der Waals surface area contributed by atoms with E-state index in [1.165, 1.54) is 0 Å². The fraction of sp³-hybridized carbons (Fsp3) is 0.286. The highest BCUT2D eigenvalue weighted by molar-refractivity contribution is 5.89. The van der Waals surface area contributed by atoms with Crippen LogP contribution in [0.4, 0.5) is 10.5 Å². The van der Waals surface area contributed by atoms with Crippen molar-refractivity contribution in [1.82, 2.24) is 20.2 Å². The van der Waals surface area contributed by atoms with Crippen LogP contribution in [-0.4, -0.2) is 40.5 Å². The number of aromatic nitrogens is 2. The lowest BCUT2D eigenvalue weighted by molar-refractivity contribution is 0.153. The van der Waals surface area contributed by atoms with Crippen molar-refractivity contribution >= 4 is 22.8 Å². The molecule has 3 N–H and O–H groups in total. The van der Waals surface area contributed by atoms with Crippen LogP contribution >= 0.6 is 0 Å². The normalized spacial score (nSPS) is 19.9. The number of hydrogen-bond donors (Lipinski definition) is 3. The van der Waals surface area contributed by atoms with Gasteiger partial charge in [0, 0.05) is 18.3 Å². The number of fused-ring (bicyclic) bond motifs is 1. The summed E-state index contributed by atoms with van der Waals surface area (Å²) in [6.45, 7) is 0.872. The first kappa shape index (κ1) is 18.0. The molecular weight excluding hydrogens is 352 g/mol. The topological polar surface area (TPSA) is 96.8 Å². The third-order valence-corrected chi connectivity index (χ3v) is 5.18. The molecule has 1 fully saturated rings. The van der Waals surface area contributed by atoms with E-state index in [9.17, 15) is 4.79 Å². The number of piperidine rings is 1.